The van der Waals surface area contributed by atoms with Crippen LogP contribution in [0.2, 0.25) is 0 Å². The molecule has 0 radical (unpaired) electrons. The van der Waals surface area contributed by atoms with Gasteiger partial charge in [-0.3, -0.25) is 30.6 Å². The lowest BCUT2D eigenvalue weighted by molar-refractivity contribution is -0.384. The first-order valence-corrected chi connectivity index (χ1v) is 6.07. The molecule has 0 unspecified atom stereocenters. The molecule has 0 spiro atoms. The highest BCUT2D eigenvalue weighted by molar-refractivity contribution is 5.95. The Balaban J connectivity index is 2.65. The number of hydrogen-bond acceptors (Lipinski definition) is 5. The van der Waals surface area contributed by atoms with E-state index in [9.17, 15) is 32.9 Å². The van der Waals surface area contributed by atoms with Gasteiger partial charge in [-0.25, -0.2) is 0 Å². The lowest BCUT2D eigenvalue weighted by Crippen LogP contribution is -2.49. The second-order valence-electron chi connectivity index (χ2n) is 4.76. The topological polar surface area (TPSA) is 122 Å². The number of aliphatic hydroxyl groups is 1. The van der Waals surface area contributed by atoms with Gasteiger partial charge in [-0.15, -0.1) is 0 Å². The SMILES string of the molecule is C[C@](O)(CC(=O)NNC(=O)c1cccc([N+](=O)[O-])c1)C(F)(F)F. The molecule has 0 aliphatic heterocycles. The lowest BCUT2D eigenvalue weighted by atomic mass is 10.0. The van der Waals surface area contributed by atoms with Crippen molar-refractivity contribution in [2.24, 2.45) is 0 Å². The van der Waals surface area contributed by atoms with Gasteiger partial charge in [-0.2, -0.15) is 13.2 Å². The molecule has 1 aromatic rings. The number of carbonyl (C=O) groups is 2. The molecule has 0 fully saturated rings. The molecule has 8 nitrogen and oxygen atoms in total. The van der Waals surface area contributed by atoms with Crippen LogP contribution in [0.15, 0.2) is 24.3 Å². The molecule has 0 aromatic heterocycles. The van der Waals surface area contributed by atoms with Crippen molar-refractivity contribution in [3.8, 4) is 0 Å². The first-order valence-electron chi connectivity index (χ1n) is 6.07. The number of non-ortho nitro benzene ring substituents is 1. The van der Waals surface area contributed by atoms with Gasteiger partial charge in [0.05, 0.1) is 11.3 Å². The Morgan fingerprint density at radius 1 is 1.30 bits per heavy atom. The monoisotopic (exact) mass is 335 g/mol. The number of amides is 2. The zero-order valence-corrected chi connectivity index (χ0v) is 11.7. The molecule has 0 aliphatic carbocycles. The van der Waals surface area contributed by atoms with Crippen LogP contribution in [0.1, 0.15) is 23.7 Å². The van der Waals surface area contributed by atoms with E-state index in [0.29, 0.717) is 6.92 Å². The van der Waals surface area contributed by atoms with Crippen LogP contribution in [-0.4, -0.2) is 33.6 Å². The van der Waals surface area contributed by atoms with Crippen molar-refractivity contribution < 1.29 is 32.8 Å². The van der Waals surface area contributed by atoms with Gasteiger partial charge in [-0.1, -0.05) is 6.07 Å². The number of halogens is 3. The number of hydrogen-bond donors (Lipinski definition) is 3. The van der Waals surface area contributed by atoms with Crippen LogP contribution < -0.4 is 10.9 Å². The summed E-state index contributed by atoms with van der Waals surface area (Å²) in [6.07, 6.45) is -6.35. The zero-order valence-electron chi connectivity index (χ0n) is 11.7. The minimum Gasteiger partial charge on any atom is -0.380 e. The third kappa shape index (κ3) is 4.92. The van der Waals surface area contributed by atoms with Gasteiger partial charge >= 0.3 is 6.18 Å². The molecule has 1 rings (SSSR count). The maximum atomic E-state index is 12.4. The van der Waals surface area contributed by atoms with E-state index in [2.05, 4.69) is 0 Å². The van der Waals surface area contributed by atoms with Crippen LogP contribution in [0, 0.1) is 10.1 Å². The van der Waals surface area contributed by atoms with E-state index in [1.165, 1.54) is 12.1 Å². The van der Waals surface area contributed by atoms with Crippen molar-refractivity contribution in [3.63, 3.8) is 0 Å². The van der Waals surface area contributed by atoms with Gasteiger partial charge in [-0.05, 0) is 13.0 Å². The van der Waals surface area contributed by atoms with E-state index >= 15 is 0 Å². The van der Waals surface area contributed by atoms with Crippen LogP contribution in [0.4, 0.5) is 18.9 Å². The molecule has 1 aromatic carbocycles. The van der Waals surface area contributed by atoms with Crippen LogP contribution in [0.25, 0.3) is 0 Å². The van der Waals surface area contributed by atoms with Crippen LogP contribution in [0.3, 0.4) is 0 Å². The Labute approximate surface area is 127 Å². The normalized spacial score (nSPS) is 13.8. The first-order chi connectivity index (χ1) is 10.4. The van der Waals surface area contributed by atoms with Crippen molar-refractivity contribution in [1.82, 2.24) is 10.9 Å². The third-order valence-corrected chi connectivity index (χ3v) is 2.75. The first kappa shape index (κ1) is 18.4. The molecule has 0 saturated carbocycles. The van der Waals surface area contributed by atoms with Gasteiger partial charge in [0.15, 0.2) is 5.60 Å². The predicted octanol–water partition coefficient (Wildman–Crippen LogP) is 1.06. The summed E-state index contributed by atoms with van der Waals surface area (Å²) in [5, 5.41) is 19.7. The average Bonchev–Trinajstić information content (AvgIpc) is 2.43. The van der Waals surface area contributed by atoms with E-state index in [1.54, 1.807) is 10.9 Å². The second-order valence-corrected chi connectivity index (χ2v) is 4.76. The molecule has 0 aliphatic rings. The summed E-state index contributed by atoms with van der Waals surface area (Å²) in [7, 11) is 0. The molecule has 0 heterocycles. The van der Waals surface area contributed by atoms with E-state index in [-0.39, 0.29) is 11.3 Å². The fourth-order valence-corrected chi connectivity index (χ4v) is 1.42. The molecule has 23 heavy (non-hydrogen) atoms. The number of nitrogens with one attached hydrogen (secondary N) is 2. The summed E-state index contributed by atoms with van der Waals surface area (Å²) in [6, 6.07) is 4.49. The molecule has 2 amide bonds. The third-order valence-electron chi connectivity index (χ3n) is 2.75. The van der Waals surface area contributed by atoms with Gasteiger partial charge < -0.3 is 5.11 Å². The van der Waals surface area contributed by atoms with Gasteiger partial charge in [0, 0.05) is 17.7 Å². The number of alkyl halides is 3. The fourth-order valence-electron chi connectivity index (χ4n) is 1.42. The number of nitro groups is 1. The smallest absolute Gasteiger partial charge is 0.380 e. The maximum Gasteiger partial charge on any atom is 0.417 e. The van der Waals surface area contributed by atoms with Gasteiger partial charge in [0.1, 0.15) is 0 Å². The number of nitrogens with zero attached hydrogens (tertiary/aromatic N) is 1. The standard InChI is InChI=1S/C12H12F3N3O5/c1-11(21,12(13,14)15)6-9(19)16-17-10(20)7-3-2-4-8(5-7)18(22)23/h2-5,21H,6H2,1H3,(H,16,19)(H,17,20)/t11-/m0/s1. The minimum absolute atomic E-state index is 0.179. The van der Waals surface area contributed by atoms with Crippen LogP contribution in [-0.2, 0) is 4.79 Å². The van der Waals surface area contributed by atoms with Crippen LogP contribution in [0.5, 0.6) is 0 Å². The molecule has 0 saturated heterocycles. The minimum atomic E-state index is -5.02. The Hall–Kier alpha value is -2.69. The quantitative estimate of drug-likeness (QED) is 0.561. The average molecular weight is 335 g/mol. The highest BCUT2D eigenvalue weighted by Gasteiger charge is 2.51. The van der Waals surface area contributed by atoms with Gasteiger partial charge in [0.2, 0.25) is 5.91 Å². The fraction of sp³-hybridized carbons (Fsp3) is 0.333. The van der Waals surface area contributed by atoms with Crippen molar-refractivity contribution in [3.05, 3.63) is 39.9 Å². The van der Waals surface area contributed by atoms with E-state index < -0.39 is 34.9 Å². The molecule has 126 valence electrons. The number of rotatable bonds is 4. The van der Waals surface area contributed by atoms with E-state index in [1.807, 2.05) is 0 Å². The number of carbonyl (C=O) groups excluding carboxylic acids is 2. The Morgan fingerprint density at radius 3 is 2.43 bits per heavy atom. The molecule has 11 heteroatoms. The summed E-state index contributed by atoms with van der Waals surface area (Å²) >= 11 is 0. The van der Waals surface area contributed by atoms with E-state index in [0.717, 1.165) is 12.1 Å². The largest absolute Gasteiger partial charge is 0.417 e. The summed E-state index contributed by atoms with van der Waals surface area (Å²) in [5.74, 6) is -2.25. The Kier molecular flexibility index (Phi) is 5.27. The number of hydrazine groups is 1. The number of benzene rings is 1. The zero-order chi connectivity index (χ0) is 17.8. The lowest BCUT2D eigenvalue weighted by Gasteiger charge is -2.25. The van der Waals surface area contributed by atoms with Crippen molar-refractivity contribution >= 4 is 17.5 Å². The predicted molar refractivity (Wildman–Crippen MR) is 70.0 cm³/mol. The van der Waals surface area contributed by atoms with Crippen molar-refractivity contribution in [2.45, 2.75) is 25.1 Å². The maximum absolute atomic E-state index is 12.4. The molecule has 0 bridgehead atoms. The summed E-state index contributed by atoms with van der Waals surface area (Å²) in [6.45, 7) is 0.412. The Bertz CT molecular complexity index is 631. The Morgan fingerprint density at radius 2 is 1.91 bits per heavy atom. The highest BCUT2D eigenvalue weighted by Crippen LogP contribution is 2.32. The van der Waals surface area contributed by atoms with Crippen molar-refractivity contribution in [2.75, 3.05) is 0 Å². The van der Waals surface area contributed by atoms with Crippen molar-refractivity contribution in [1.29, 1.82) is 0 Å². The number of nitro benzene ring substituents is 1. The summed E-state index contributed by atoms with van der Waals surface area (Å²) in [5.41, 5.74) is -0.318. The van der Waals surface area contributed by atoms with E-state index in [4.69, 9.17) is 5.11 Å². The van der Waals surface area contributed by atoms with Crippen LogP contribution >= 0.6 is 0 Å². The molecular formula is C12H12F3N3O5. The molecule has 3 N–H and O–H groups in total. The highest BCUT2D eigenvalue weighted by atomic mass is 19.4. The summed E-state index contributed by atoms with van der Waals surface area (Å²) in [4.78, 5) is 32.8. The molecule has 1 atom stereocenters. The second kappa shape index (κ2) is 6.60. The van der Waals surface area contributed by atoms with Gasteiger partial charge in [0.25, 0.3) is 11.6 Å². The molecular weight excluding hydrogens is 323 g/mol. The summed E-state index contributed by atoms with van der Waals surface area (Å²) < 4.78 is 37.2.